The Balaban J connectivity index is 1.75. The van der Waals surface area contributed by atoms with Gasteiger partial charge in [0.1, 0.15) is 0 Å². The Bertz CT molecular complexity index is 717. The van der Waals surface area contributed by atoms with Crippen molar-refractivity contribution in [2.45, 2.75) is 49.7 Å². The second-order valence-electron chi connectivity index (χ2n) is 7.44. The number of sulfone groups is 1. The van der Waals surface area contributed by atoms with E-state index in [0.717, 1.165) is 12.3 Å². The second-order valence-corrected chi connectivity index (χ2v) is 9.61. The smallest absolute Gasteiger partial charge is 0.181 e. The van der Waals surface area contributed by atoms with Crippen LogP contribution >= 0.6 is 0 Å². The molecule has 0 aliphatic heterocycles. The van der Waals surface area contributed by atoms with Gasteiger partial charge in [0.25, 0.3) is 0 Å². The second kappa shape index (κ2) is 4.95. The average Bonchev–Trinajstić information content (AvgIpc) is 3.13. The van der Waals surface area contributed by atoms with Crippen LogP contribution in [0.15, 0.2) is 46.4 Å². The molecule has 1 fully saturated rings. The highest BCUT2D eigenvalue weighted by atomic mass is 32.2. The standard InChI is InChI=1S/C19H24O2S/c1-12-10-17(22(20,21)16-6-4-3-5-7-16)13(2)19-15-9-8-14(11-15)18(12)19/h3-7,12-15,17H,8-11H2,1-2H3/t12-,13+,14+,15+,17+/m1/s1. The summed E-state index contributed by atoms with van der Waals surface area (Å²) in [5.74, 6) is 2.06. The molecule has 2 bridgehead atoms. The minimum atomic E-state index is -3.23. The summed E-state index contributed by atoms with van der Waals surface area (Å²) in [7, 11) is -3.23. The lowest BCUT2D eigenvalue weighted by Gasteiger charge is -2.39. The Morgan fingerprint density at radius 3 is 2.23 bits per heavy atom. The highest BCUT2D eigenvalue weighted by molar-refractivity contribution is 7.92. The molecule has 0 radical (unpaired) electrons. The average molecular weight is 316 g/mol. The van der Waals surface area contributed by atoms with Crippen LogP contribution in [0, 0.1) is 23.7 Å². The molecular weight excluding hydrogens is 292 g/mol. The van der Waals surface area contributed by atoms with E-state index < -0.39 is 9.84 Å². The maximum absolute atomic E-state index is 13.1. The van der Waals surface area contributed by atoms with Crippen molar-refractivity contribution >= 4 is 9.84 Å². The first-order valence-electron chi connectivity index (χ1n) is 8.53. The first kappa shape index (κ1) is 14.5. The molecule has 1 aromatic carbocycles. The lowest BCUT2D eigenvalue weighted by atomic mass is 9.72. The molecule has 0 heterocycles. The van der Waals surface area contributed by atoms with Crippen LogP contribution in [0.4, 0.5) is 0 Å². The monoisotopic (exact) mass is 316 g/mol. The molecule has 118 valence electrons. The van der Waals surface area contributed by atoms with Crippen molar-refractivity contribution < 1.29 is 8.42 Å². The Kier molecular flexibility index (Phi) is 3.26. The molecule has 0 amide bonds. The molecule has 0 unspecified atom stereocenters. The first-order chi connectivity index (χ1) is 10.5. The summed E-state index contributed by atoms with van der Waals surface area (Å²) in [5, 5.41) is -0.247. The van der Waals surface area contributed by atoms with Crippen molar-refractivity contribution in [2.75, 3.05) is 0 Å². The zero-order valence-corrected chi connectivity index (χ0v) is 14.1. The molecule has 3 heteroatoms. The normalized spacial score (nSPS) is 37.5. The number of benzene rings is 1. The molecule has 1 saturated carbocycles. The highest BCUT2D eigenvalue weighted by Crippen LogP contribution is 2.57. The molecule has 4 rings (SSSR count). The van der Waals surface area contributed by atoms with Gasteiger partial charge in [0.2, 0.25) is 0 Å². The zero-order chi connectivity index (χ0) is 15.5. The van der Waals surface area contributed by atoms with Gasteiger partial charge in [-0.3, -0.25) is 0 Å². The molecule has 0 spiro atoms. The number of rotatable bonds is 2. The molecule has 0 saturated heterocycles. The maximum Gasteiger partial charge on any atom is 0.181 e. The van der Waals surface area contributed by atoms with Crippen molar-refractivity contribution in [1.29, 1.82) is 0 Å². The summed E-state index contributed by atoms with van der Waals surface area (Å²) in [5.41, 5.74) is 3.17. The van der Waals surface area contributed by atoms with Gasteiger partial charge in [-0.05, 0) is 61.5 Å². The molecule has 3 aliphatic rings. The van der Waals surface area contributed by atoms with Crippen molar-refractivity contribution in [3.8, 4) is 0 Å². The Morgan fingerprint density at radius 2 is 1.55 bits per heavy atom. The molecule has 5 atom stereocenters. The highest BCUT2D eigenvalue weighted by Gasteiger charge is 2.49. The predicted molar refractivity (Wildman–Crippen MR) is 88.2 cm³/mol. The topological polar surface area (TPSA) is 34.1 Å². The van der Waals surface area contributed by atoms with Gasteiger partial charge in [-0.15, -0.1) is 0 Å². The van der Waals surface area contributed by atoms with Crippen molar-refractivity contribution in [1.82, 2.24) is 0 Å². The molecule has 2 nitrogen and oxygen atoms in total. The van der Waals surface area contributed by atoms with Crippen LogP contribution in [0.3, 0.4) is 0 Å². The largest absolute Gasteiger partial charge is 0.223 e. The zero-order valence-electron chi connectivity index (χ0n) is 13.3. The van der Waals surface area contributed by atoms with E-state index in [4.69, 9.17) is 0 Å². The molecule has 0 aromatic heterocycles. The summed E-state index contributed by atoms with van der Waals surface area (Å²) >= 11 is 0. The van der Waals surface area contributed by atoms with E-state index in [1.807, 2.05) is 18.2 Å². The van der Waals surface area contributed by atoms with E-state index >= 15 is 0 Å². The summed E-state index contributed by atoms with van der Waals surface area (Å²) in [6.07, 6.45) is 4.69. The van der Waals surface area contributed by atoms with Crippen LogP contribution in [0.25, 0.3) is 0 Å². The van der Waals surface area contributed by atoms with Gasteiger partial charge in [-0.1, -0.05) is 43.2 Å². The van der Waals surface area contributed by atoms with Gasteiger partial charge in [-0.25, -0.2) is 8.42 Å². The summed E-state index contributed by atoms with van der Waals surface area (Å²) in [6, 6.07) is 9.02. The van der Waals surface area contributed by atoms with Crippen LogP contribution in [0.2, 0.25) is 0 Å². The van der Waals surface area contributed by atoms with Crippen LogP contribution in [0.5, 0.6) is 0 Å². The lowest BCUT2D eigenvalue weighted by Crippen LogP contribution is -2.37. The summed E-state index contributed by atoms with van der Waals surface area (Å²) in [4.78, 5) is 0.492. The van der Waals surface area contributed by atoms with Crippen LogP contribution in [-0.2, 0) is 9.84 Å². The van der Waals surface area contributed by atoms with E-state index in [0.29, 0.717) is 16.7 Å². The number of fused-ring (bicyclic) bond motifs is 4. The van der Waals surface area contributed by atoms with E-state index in [9.17, 15) is 8.42 Å². The number of hydrogen-bond donors (Lipinski definition) is 0. The molecule has 0 N–H and O–H groups in total. The molecule has 1 aromatic rings. The predicted octanol–water partition coefficient (Wildman–Crippen LogP) is 4.23. The first-order valence-corrected chi connectivity index (χ1v) is 10.1. The number of allylic oxidation sites excluding steroid dienone is 2. The van der Waals surface area contributed by atoms with E-state index in [1.54, 1.807) is 17.7 Å². The summed E-state index contributed by atoms with van der Waals surface area (Å²) in [6.45, 7) is 4.41. The van der Waals surface area contributed by atoms with E-state index in [-0.39, 0.29) is 11.2 Å². The maximum atomic E-state index is 13.1. The fourth-order valence-corrected chi connectivity index (χ4v) is 7.51. The van der Waals surface area contributed by atoms with Gasteiger partial charge >= 0.3 is 0 Å². The van der Waals surface area contributed by atoms with Gasteiger partial charge in [-0.2, -0.15) is 0 Å². The molecule has 3 aliphatic carbocycles. The van der Waals surface area contributed by atoms with Crippen molar-refractivity contribution in [3.63, 3.8) is 0 Å². The lowest BCUT2D eigenvalue weighted by molar-refractivity contribution is 0.394. The van der Waals surface area contributed by atoms with Gasteiger partial charge in [0.15, 0.2) is 9.84 Å². The third-order valence-electron chi connectivity index (χ3n) is 6.28. The van der Waals surface area contributed by atoms with Gasteiger partial charge < -0.3 is 0 Å². The van der Waals surface area contributed by atoms with Crippen molar-refractivity contribution in [3.05, 3.63) is 41.5 Å². The third kappa shape index (κ3) is 1.94. The van der Waals surface area contributed by atoms with Crippen molar-refractivity contribution in [2.24, 2.45) is 23.7 Å². The summed E-state index contributed by atoms with van der Waals surface area (Å²) < 4.78 is 26.2. The van der Waals surface area contributed by atoms with Crippen LogP contribution in [0.1, 0.15) is 39.5 Å². The van der Waals surface area contributed by atoms with E-state index in [1.165, 1.54) is 24.8 Å². The fourth-order valence-electron chi connectivity index (χ4n) is 5.40. The molecule has 22 heavy (non-hydrogen) atoms. The van der Waals surface area contributed by atoms with Crippen LogP contribution in [-0.4, -0.2) is 13.7 Å². The minimum Gasteiger partial charge on any atom is -0.223 e. The Morgan fingerprint density at radius 1 is 0.909 bits per heavy atom. The van der Waals surface area contributed by atoms with Gasteiger partial charge in [0, 0.05) is 0 Å². The molecular formula is C19H24O2S. The van der Waals surface area contributed by atoms with Crippen LogP contribution < -0.4 is 0 Å². The SMILES string of the molecule is C[C@@H]1C[C@H](S(=O)(=O)c2ccccc2)[C@H](C)C2=C1[C@H]1CC[C@H]2C1. The Hall–Kier alpha value is -1.09. The Labute approximate surface area is 133 Å². The van der Waals surface area contributed by atoms with Gasteiger partial charge in [0.05, 0.1) is 10.1 Å². The fraction of sp³-hybridized carbons (Fsp3) is 0.579. The minimum absolute atomic E-state index is 0.187. The quantitative estimate of drug-likeness (QED) is 0.765. The number of hydrogen-bond acceptors (Lipinski definition) is 2. The van der Waals surface area contributed by atoms with E-state index in [2.05, 4.69) is 13.8 Å². The third-order valence-corrected chi connectivity index (χ3v) is 8.61.